The van der Waals surface area contributed by atoms with Gasteiger partial charge in [-0.05, 0) is 49.1 Å². The molecule has 0 bridgehead atoms. The Morgan fingerprint density at radius 3 is 2.35 bits per heavy atom. The first kappa shape index (κ1) is 21.3. The average Bonchev–Trinajstić information content (AvgIpc) is 3.30. The molecule has 7 nitrogen and oxygen atoms in total. The maximum atomic E-state index is 13.0. The second-order valence-electron chi connectivity index (χ2n) is 8.29. The van der Waals surface area contributed by atoms with Gasteiger partial charge >= 0.3 is 0 Å². The molecule has 0 spiro atoms. The number of para-hydroxylation sites is 1. The molecule has 2 unspecified atom stereocenters. The number of hydrogen-bond donors (Lipinski definition) is 2. The number of amides is 2. The third-order valence-corrected chi connectivity index (χ3v) is 6.35. The van der Waals surface area contributed by atoms with Crippen molar-refractivity contribution in [3.8, 4) is 5.75 Å². The summed E-state index contributed by atoms with van der Waals surface area (Å²) in [7, 11) is 1.57. The number of ether oxygens (including phenoxy) is 1. The van der Waals surface area contributed by atoms with Gasteiger partial charge < -0.3 is 14.5 Å². The Labute approximate surface area is 183 Å². The summed E-state index contributed by atoms with van der Waals surface area (Å²) in [5.41, 5.74) is 10.7. The largest absolute Gasteiger partial charge is 0.496 e. The van der Waals surface area contributed by atoms with Gasteiger partial charge in [-0.2, -0.15) is 0 Å². The van der Waals surface area contributed by atoms with E-state index in [1.807, 2.05) is 17.0 Å². The number of carbonyl (C=O) groups is 2. The number of benzene rings is 2. The Morgan fingerprint density at radius 1 is 0.935 bits per heavy atom. The average molecular weight is 423 g/mol. The predicted octanol–water partition coefficient (Wildman–Crippen LogP) is 2.20. The lowest BCUT2D eigenvalue weighted by Gasteiger charge is -2.36. The molecule has 2 saturated heterocycles. The number of nitrogens with zero attached hydrogens (tertiary/aromatic N) is 2. The number of hydrazine groups is 1. The van der Waals surface area contributed by atoms with E-state index in [4.69, 9.17) is 4.74 Å². The lowest BCUT2D eigenvalue weighted by atomic mass is 9.98. The van der Waals surface area contributed by atoms with Gasteiger partial charge in [0, 0.05) is 32.2 Å². The molecule has 0 radical (unpaired) electrons. The van der Waals surface area contributed by atoms with Gasteiger partial charge in [0.2, 0.25) is 5.91 Å². The third kappa shape index (κ3) is 4.43. The minimum atomic E-state index is -0.261. The van der Waals surface area contributed by atoms with Crippen LogP contribution < -0.4 is 15.6 Å². The van der Waals surface area contributed by atoms with Crippen molar-refractivity contribution in [2.24, 2.45) is 0 Å². The summed E-state index contributed by atoms with van der Waals surface area (Å²) in [6.45, 7) is 6.31. The summed E-state index contributed by atoms with van der Waals surface area (Å²) in [5.74, 6) is 0.604. The zero-order valence-electron chi connectivity index (χ0n) is 18.4. The van der Waals surface area contributed by atoms with Crippen LogP contribution in [0, 0.1) is 13.8 Å². The molecule has 2 atom stereocenters. The van der Waals surface area contributed by atoms with Gasteiger partial charge in [0.25, 0.3) is 5.91 Å². The lowest BCUT2D eigenvalue weighted by molar-refractivity contribution is -0.134. The second-order valence-corrected chi connectivity index (χ2v) is 8.29. The fourth-order valence-corrected chi connectivity index (χ4v) is 4.26. The first-order valence-electron chi connectivity index (χ1n) is 10.8. The van der Waals surface area contributed by atoms with Gasteiger partial charge in [0.05, 0.1) is 12.7 Å². The molecule has 2 fully saturated rings. The smallest absolute Gasteiger partial charge is 0.257 e. The Hall–Kier alpha value is -2.90. The molecule has 2 aromatic carbocycles. The molecule has 2 amide bonds. The minimum absolute atomic E-state index is 0.0555. The Bertz CT molecular complexity index is 969. The molecule has 2 heterocycles. The number of aryl methyl sites for hydroxylation is 2. The van der Waals surface area contributed by atoms with Gasteiger partial charge in [-0.1, -0.05) is 30.3 Å². The summed E-state index contributed by atoms with van der Waals surface area (Å²) in [6, 6.07) is 13.5. The second kappa shape index (κ2) is 9.08. The van der Waals surface area contributed by atoms with E-state index in [0.29, 0.717) is 43.9 Å². The molecule has 4 rings (SSSR count). The minimum Gasteiger partial charge on any atom is -0.496 e. The number of nitrogens with one attached hydrogen (secondary N) is 2. The maximum Gasteiger partial charge on any atom is 0.257 e. The molecule has 0 saturated carbocycles. The van der Waals surface area contributed by atoms with Crippen molar-refractivity contribution in [3.63, 3.8) is 0 Å². The normalized spacial score (nSPS) is 21.3. The Kier molecular flexibility index (Phi) is 6.25. The highest BCUT2D eigenvalue weighted by Gasteiger charge is 2.35. The number of rotatable bonds is 4. The molecule has 2 N–H and O–H groups in total. The van der Waals surface area contributed by atoms with Crippen LogP contribution in [0.5, 0.6) is 5.75 Å². The number of piperazine rings is 1. The quantitative estimate of drug-likeness (QED) is 0.790. The molecule has 0 aliphatic carbocycles. The SMILES string of the molecule is COc1ccccc1C(=O)N1CCN(C(=O)C2CC(c3ccc(C)c(C)c3)NN2)CC1. The van der Waals surface area contributed by atoms with Crippen LogP contribution >= 0.6 is 0 Å². The fraction of sp³-hybridized carbons (Fsp3) is 0.417. The first-order valence-corrected chi connectivity index (χ1v) is 10.8. The summed E-state index contributed by atoms with van der Waals surface area (Å²) < 4.78 is 5.32. The van der Waals surface area contributed by atoms with Crippen LogP contribution in [0.2, 0.25) is 0 Å². The van der Waals surface area contributed by atoms with E-state index in [9.17, 15) is 9.59 Å². The topological polar surface area (TPSA) is 73.9 Å². The van der Waals surface area contributed by atoms with Gasteiger partial charge in [-0.3, -0.25) is 9.59 Å². The molecule has 2 aliphatic rings. The standard InChI is InChI=1S/C24H30N4O3/c1-16-8-9-18(14-17(16)2)20-15-21(26-25-20)24(30)28-12-10-27(11-13-28)23(29)19-6-4-5-7-22(19)31-3/h4-9,14,20-21,25-26H,10-13,15H2,1-3H3. The summed E-state index contributed by atoms with van der Waals surface area (Å²) >= 11 is 0. The summed E-state index contributed by atoms with van der Waals surface area (Å²) in [5, 5.41) is 0. The molecule has 31 heavy (non-hydrogen) atoms. The van der Waals surface area contributed by atoms with Crippen LogP contribution in [0.25, 0.3) is 0 Å². The van der Waals surface area contributed by atoms with Crippen molar-refractivity contribution in [1.82, 2.24) is 20.7 Å². The van der Waals surface area contributed by atoms with E-state index >= 15 is 0 Å². The van der Waals surface area contributed by atoms with E-state index in [-0.39, 0.29) is 23.9 Å². The van der Waals surface area contributed by atoms with E-state index in [1.165, 1.54) is 16.7 Å². The molecule has 164 valence electrons. The molecular weight excluding hydrogens is 392 g/mol. The number of hydrogen-bond acceptors (Lipinski definition) is 5. The van der Waals surface area contributed by atoms with Crippen molar-refractivity contribution in [2.75, 3.05) is 33.3 Å². The zero-order valence-corrected chi connectivity index (χ0v) is 18.4. The van der Waals surface area contributed by atoms with Crippen molar-refractivity contribution < 1.29 is 14.3 Å². The molecule has 2 aliphatic heterocycles. The number of carbonyl (C=O) groups excluding carboxylic acids is 2. The van der Waals surface area contributed by atoms with Crippen LogP contribution in [0.1, 0.15) is 39.5 Å². The van der Waals surface area contributed by atoms with E-state index in [2.05, 4.69) is 42.9 Å². The van der Waals surface area contributed by atoms with Crippen LogP contribution in [-0.2, 0) is 4.79 Å². The lowest BCUT2D eigenvalue weighted by Crippen LogP contribution is -2.54. The van der Waals surface area contributed by atoms with Crippen molar-refractivity contribution in [2.45, 2.75) is 32.4 Å². The molecule has 2 aromatic rings. The van der Waals surface area contributed by atoms with Crippen LogP contribution in [0.3, 0.4) is 0 Å². The molecule has 0 aromatic heterocycles. The van der Waals surface area contributed by atoms with Gasteiger partial charge in [-0.25, -0.2) is 10.9 Å². The van der Waals surface area contributed by atoms with E-state index < -0.39 is 0 Å². The molecule has 7 heteroatoms. The van der Waals surface area contributed by atoms with Gasteiger partial charge in [0.15, 0.2) is 0 Å². The highest BCUT2D eigenvalue weighted by molar-refractivity contribution is 5.97. The summed E-state index contributed by atoms with van der Waals surface area (Å²) in [6.07, 6.45) is 0.710. The van der Waals surface area contributed by atoms with Crippen molar-refractivity contribution in [3.05, 3.63) is 64.7 Å². The fourth-order valence-electron chi connectivity index (χ4n) is 4.26. The van der Waals surface area contributed by atoms with Crippen LogP contribution in [-0.4, -0.2) is 60.9 Å². The Balaban J connectivity index is 1.33. The van der Waals surface area contributed by atoms with Crippen LogP contribution in [0.15, 0.2) is 42.5 Å². The monoisotopic (exact) mass is 422 g/mol. The Morgan fingerprint density at radius 2 is 1.65 bits per heavy atom. The van der Waals surface area contributed by atoms with Crippen molar-refractivity contribution in [1.29, 1.82) is 0 Å². The van der Waals surface area contributed by atoms with E-state index in [0.717, 1.165) is 0 Å². The number of methoxy groups -OCH3 is 1. The highest BCUT2D eigenvalue weighted by atomic mass is 16.5. The predicted molar refractivity (Wildman–Crippen MR) is 119 cm³/mol. The van der Waals surface area contributed by atoms with Crippen molar-refractivity contribution >= 4 is 11.8 Å². The summed E-state index contributed by atoms with van der Waals surface area (Å²) in [4.78, 5) is 29.6. The third-order valence-electron chi connectivity index (χ3n) is 6.35. The van der Waals surface area contributed by atoms with Crippen LogP contribution in [0.4, 0.5) is 0 Å². The zero-order chi connectivity index (χ0) is 22.0. The van der Waals surface area contributed by atoms with Gasteiger partial charge in [0.1, 0.15) is 11.8 Å². The molecular formula is C24H30N4O3. The maximum absolute atomic E-state index is 13.0. The van der Waals surface area contributed by atoms with Gasteiger partial charge in [-0.15, -0.1) is 0 Å². The van der Waals surface area contributed by atoms with E-state index in [1.54, 1.807) is 24.1 Å². The highest BCUT2D eigenvalue weighted by Crippen LogP contribution is 2.25. The first-order chi connectivity index (χ1) is 15.0.